The number of aliphatic imine (C=N–C) groups is 1. The van der Waals surface area contributed by atoms with E-state index in [0.29, 0.717) is 34.9 Å². The Hall–Kier alpha value is -3.42. The topological polar surface area (TPSA) is 80.2 Å². The molecule has 4 rings (SSSR count). The van der Waals surface area contributed by atoms with Crippen molar-refractivity contribution in [2.75, 3.05) is 25.6 Å². The number of benzene rings is 2. The molecule has 0 bridgehead atoms. The largest absolute Gasteiger partial charge is 0.493 e. The first-order chi connectivity index (χ1) is 15.0. The Morgan fingerprint density at radius 1 is 1.29 bits per heavy atom. The number of nitrogens with one attached hydrogen (secondary N) is 1. The number of hydrogen-bond donors (Lipinski definition) is 1. The van der Waals surface area contributed by atoms with E-state index < -0.39 is 5.82 Å². The highest BCUT2D eigenvalue weighted by molar-refractivity contribution is 6.03. The number of fused-ring (bicyclic) bond motifs is 2. The fraction of sp³-hybridized carbons (Fsp3) is 0.348. The molecule has 0 saturated carbocycles. The van der Waals surface area contributed by atoms with E-state index in [9.17, 15) is 14.0 Å². The highest BCUT2D eigenvalue weighted by atomic mass is 19.1. The minimum absolute atomic E-state index is 0.0341. The number of halogens is 1. The van der Waals surface area contributed by atoms with Crippen molar-refractivity contribution >= 4 is 29.4 Å². The molecule has 7 nitrogen and oxygen atoms in total. The summed E-state index contributed by atoms with van der Waals surface area (Å²) in [5, 5.41) is 2.66. The lowest BCUT2D eigenvalue weighted by atomic mass is 10.1. The van der Waals surface area contributed by atoms with Crippen LogP contribution in [0, 0.1) is 5.82 Å². The molecule has 1 fully saturated rings. The van der Waals surface area contributed by atoms with Gasteiger partial charge in [0.2, 0.25) is 5.91 Å². The standard InChI is InChI=1S/C23H24FN3O4/c1-30-20-12-18-19(25-14-17-7-3-9-27(17)23(18)29)13-21(20)31-10-4-8-22(28)26-16-6-2-5-15(24)11-16/h2,5-6,11-14,17H,3-4,7-10H2,1H3,(H,26,28). The average molecular weight is 425 g/mol. The molecule has 1 N–H and O–H groups in total. The predicted octanol–water partition coefficient (Wildman–Crippen LogP) is 3.95. The molecule has 8 heteroatoms. The molecule has 162 valence electrons. The highest BCUT2D eigenvalue weighted by Crippen LogP contribution is 2.38. The summed E-state index contributed by atoms with van der Waals surface area (Å²) in [5.74, 6) is 0.244. The fourth-order valence-electron chi connectivity index (χ4n) is 3.82. The Kier molecular flexibility index (Phi) is 6.16. The second-order valence-electron chi connectivity index (χ2n) is 7.52. The van der Waals surface area contributed by atoms with Gasteiger partial charge in [0.25, 0.3) is 5.91 Å². The second kappa shape index (κ2) is 9.16. The number of nitrogens with zero attached hydrogens (tertiary/aromatic N) is 2. The van der Waals surface area contributed by atoms with E-state index in [1.165, 1.54) is 25.3 Å². The van der Waals surface area contributed by atoms with E-state index >= 15 is 0 Å². The van der Waals surface area contributed by atoms with Crippen LogP contribution in [0.15, 0.2) is 41.4 Å². The van der Waals surface area contributed by atoms with Crippen molar-refractivity contribution in [2.24, 2.45) is 4.99 Å². The summed E-state index contributed by atoms with van der Waals surface area (Å²) in [6, 6.07) is 9.16. The zero-order chi connectivity index (χ0) is 21.8. The van der Waals surface area contributed by atoms with Crippen molar-refractivity contribution in [3.05, 3.63) is 47.8 Å². The minimum Gasteiger partial charge on any atom is -0.493 e. The first-order valence-corrected chi connectivity index (χ1v) is 10.3. The van der Waals surface area contributed by atoms with E-state index in [0.717, 1.165) is 19.4 Å². The summed E-state index contributed by atoms with van der Waals surface area (Å²) in [5.41, 5.74) is 1.47. The number of carbonyl (C=O) groups is 2. The van der Waals surface area contributed by atoms with Gasteiger partial charge in [-0.3, -0.25) is 14.6 Å². The normalized spacial score (nSPS) is 17.0. The molecule has 1 atom stereocenters. The lowest BCUT2D eigenvalue weighted by molar-refractivity contribution is -0.116. The minimum atomic E-state index is -0.405. The molecule has 2 aliphatic rings. The molecule has 2 amide bonds. The number of anilines is 1. The number of hydrogen-bond acceptors (Lipinski definition) is 5. The predicted molar refractivity (Wildman–Crippen MR) is 115 cm³/mol. The van der Waals surface area contributed by atoms with E-state index in [1.807, 2.05) is 11.1 Å². The molecule has 1 saturated heterocycles. The molecule has 0 aromatic heterocycles. The van der Waals surface area contributed by atoms with Crippen molar-refractivity contribution in [1.82, 2.24) is 4.90 Å². The van der Waals surface area contributed by atoms with Gasteiger partial charge < -0.3 is 19.7 Å². The quantitative estimate of drug-likeness (QED) is 0.681. The number of amides is 2. The summed E-state index contributed by atoms with van der Waals surface area (Å²) in [6.45, 7) is 1.01. The lowest BCUT2D eigenvalue weighted by Gasteiger charge is -2.20. The molecule has 2 aromatic rings. The summed E-state index contributed by atoms with van der Waals surface area (Å²) in [7, 11) is 1.52. The van der Waals surface area contributed by atoms with Gasteiger partial charge in [-0.05, 0) is 43.5 Å². The molecule has 0 spiro atoms. The Balaban J connectivity index is 1.37. The van der Waals surface area contributed by atoms with Crippen molar-refractivity contribution < 1.29 is 23.5 Å². The Morgan fingerprint density at radius 2 is 2.16 bits per heavy atom. The van der Waals surface area contributed by atoms with Gasteiger partial charge in [-0.25, -0.2) is 4.39 Å². The summed E-state index contributed by atoms with van der Waals surface area (Å²) in [6.07, 6.45) is 4.39. The van der Waals surface area contributed by atoms with Gasteiger partial charge in [0.05, 0.1) is 31.0 Å². The third-order valence-corrected chi connectivity index (χ3v) is 5.37. The van der Waals surface area contributed by atoms with Gasteiger partial charge in [0.15, 0.2) is 11.5 Å². The van der Waals surface area contributed by atoms with Gasteiger partial charge in [0.1, 0.15) is 5.82 Å². The Labute approximate surface area is 179 Å². The van der Waals surface area contributed by atoms with Gasteiger partial charge in [0, 0.05) is 30.9 Å². The molecule has 2 aliphatic heterocycles. The molecule has 0 radical (unpaired) electrons. The van der Waals surface area contributed by atoms with Gasteiger partial charge in [-0.15, -0.1) is 0 Å². The molecule has 31 heavy (non-hydrogen) atoms. The molecule has 1 unspecified atom stereocenters. The zero-order valence-electron chi connectivity index (χ0n) is 17.3. The van der Waals surface area contributed by atoms with Crippen LogP contribution in [0.25, 0.3) is 0 Å². The zero-order valence-corrected chi connectivity index (χ0v) is 17.3. The van der Waals surface area contributed by atoms with Crippen LogP contribution in [-0.4, -0.2) is 49.2 Å². The molecule has 2 aromatic carbocycles. The van der Waals surface area contributed by atoms with Crippen LogP contribution in [0.2, 0.25) is 0 Å². The van der Waals surface area contributed by atoms with Crippen LogP contribution in [0.1, 0.15) is 36.0 Å². The highest BCUT2D eigenvalue weighted by Gasteiger charge is 2.32. The third-order valence-electron chi connectivity index (χ3n) is 5.37. The maximum Gasteiger partial charge on any atom is 0.256 e. The monoisotopic (exact) mass is 425 g/mol. The van der Waals surface area contributed by atoms with Crippen molar-refractivity contribution in [2.45, 2.75) is 31.7 Å². The first kappa shape index (κ1) is 20.8. The fourth-order valence-corrected chi connectivity index (χ4v) is 3.82. The number of rotatable bonds is 7. The van der Waals surface area contributed by atoms with Crippen LogP contribution in [-0.2, 0) is 4.79 Å². The van der Waals surface area contributed by atoms with Gasteiger partial charge >= 0.3 is 0 Å². The maximum atomic E-state index is 13.2. The van der Waals surface area contributed by atoms with Crippen LogP contribution in [0.4, 0.5) is 15.8 Å². The smallest absolute Gasteiger partial charge is 0.256 e. The number of ether oxygens (including phenoxy) is 2. The van der Waals surface area contributed by atoms with E-state index in [4.69, 9.17) is 9.47 Å². The first-order valence-electron chi connectivity index (χ1n) is 10.3. The summed E-state index contributed by atoms with van der Waals surface area (Å²) in [4.78, 5) is 31.3. The average Bonchev–Trinajstić information content (AvgIpc) is 3.18. The van der Waals surface area contributed by atoms with Gasteiger partial charge in [-0.2, -0.15) is 0 Å². The Bertz CT molecular complexity index is 1020. The Morgan fingerprint density at radius 3 is 2.97 bits per heavy atom. The molecular weight excluding hydrogens is 401 g/mol. The van der Waals surface area contributed by atoms with Crippen LogP contribution < -0.4 is 14.8 Å². The van der Waals surface area contributed by atoms with Crippen molar-refractivity contribution in [3.63, 3.8) is 0 Å². The third kappa shape index (κ3) is 4.68. The molecule has 2 heterocycles. The maximum absolute atomic E-state index is 13.2. The summed E-state index contributed by atoms with van der Waals surface area (Å²) < 4.78 is 24.4. The van der Waals surface area contributed by atoms with E-state index in [1.54, 1.807) is 18.2 Å². The van der Waals surface area contributed by atoms with Crippen LogP contribution in [0.5, 0.6) is 11.5 Å². The number of carbonyl (C=O) groups excluding carboxylic acids is 2. The van der Waals surface area contributed by atoms with E-state index in [-0.39, 0.29) is 30.9 Å². The van der Waals surface area contributed by atoms with Crippen molar-refractivity contribution in [1.29, 1.82) is 0 Å². The van der Waals surface area contributed by atoms with Crippen LogP contribution >= 0.6 is 0 Å². The second-order valence-corrected chi connectivity index (χ2v) is 7.52. The lowest BCUT2D eigenvalue weighted by Crippen LogP contribution is -2.35. The summed E-state index contributed by atoms with van der Waals surface area (Å²) >= 11 is 0. The van der Waals surface area contributed by atoms with E-state index in [2.05, 4.69) is 10.3 Å². The van der Waals surface area contributed by atoms with Crippen molar-refractivity contribution in [3.8, 4) is 11.5 Å². The molecular formula is C23H24FN3O4. The van der Waals surface area contributed by atoms with Gasteiger partial charge in [-0.1, -0.05) is 6.07 Å². The SMILES string of the molecule is COc1cc2c(cc1OCCCC(=O)Nc1cccc(F)c1)N=CC1CCCN1C2=O. The van der Waals surface area contributed by atoms with Crippen LogP contribution in [0.3, 0.4) is 0 Å². The number of methoxy groups -OCH3 is 1. The molecule has 0 aliphatic carbocycles.